The minimum absolute atomic E-state index is 0. The summed E-state index contributed by atoms with van der Waals surface area (Å²) in [7, 11) is 0. The van der Waals surface area contributed by atoms with Crippen LogP contribution in [0.4, 0.5) is 0 Å². The first kappa shape index (κ1) is 17.3. The fourth-order valence-electron chi connectivity index (χ4n) is 4.28. The van der Waals surface area contributed by atoms with Crippen molar-refractivity contribution in [1.29, 1.82) is 0 Å². The van der Waals surface area contributed by atoms with E-state index in [2.05, 4.69) is 18.7 Å². The molecule has 0 aromatic carbocycles. The van der Waals surface area contributed by atoms with E-state index in [1.54, 1.807) is 0 Å². The Kier molecular flexibility index (Phi) is 8.41. The van der Waals surface area contributed by atoms with Gasteiger partial charge in [0.25, 0.3) is 0 Å². The van der Waals surface area contributed by atoms with E-state index in [-0.39, 0.29) is 12.4 Å². The highest BCUT2D eigenvalue weighted by atomic mass is 35.5. The molecule has 2 aliphatic rings. The van der Waals surface area contributed by atoms with Gasteiger partial charge in [0.2, 0.25) is 0 Å². The van der Waals surface area contributed by atoms with Gasteiger partial charge in [-0.25, -0.2) is 0 Å². The minimum atomic E-state index is 0. The summed E-state index contributed by atoms with van der Waals surface area (Å²) in [6.07, 6.45) is 16.1. The lowest BCUT2D eigenvalue weighted by molar-refractivity contribution is 0.0629. The van der Waals surface area contributed by atoms with Crippen LogP contribution in [0.5, 0.6) is 0 Å². The number of unbranched alkanes of at least 4 members (excludes halogenated alkanes) is 3. The molecule has 0 N–H and O–H groups in total. The third kappa shape index (κ3) is 4.63. The van der Waals surface area contributed by atoms with Crippen molar-refractivity contribution >= 4 is 12.4 Å². The molecule has 0 bridgehead atoms. The van der Waals surface area contributed by atoms with Crippen molar-refractivity contribution < 1.29 is 0 Å². The van der Waals surface area contributed by atoms with Gasteiger partial charge in [-0.15, -0.1) is 12.4 Å². The molecule has 0 aliphatic carbocycles. The summed E-state index contributed by atoms with van der Waals surface area (Å²) >= 11 is 0. The molecular weight excluding hydrogens is 254 g/mol. The van der Waals surface area contributed by atoms with Crippen LogP contribution in [-0.2, 0) is 0 Å². The Labute approximate surface area is 126 Å². The molecular formula is C17H34ClN. The molecule has 0 amide bonds. The molecule has 2 fully saturated rings. The Morgan fingerprint density at radius 3 is 2.42 bits per heavy atom. The number of halogens is 1. The molecule has 2 saturated heterocycles. The first-order chi connectivity index (χ1) is 8.86. The predicted octanol–water partition coefficient (Wildman–Crippen LogP) is 5.42. The Bertz CT molecular complexity index is 231. The van der Waals surface area contributed by atoms with Crippen LogP contribution in [0.25, 0.3) is 0 Å². The number of fused-ring (bicyclic) bond motifs is 1. The Morgan fingerprint density at radius 2 is 1.68 bits per heavy atom. The predicted molar refractivity (Wildman–Crippen MR) is 87.2 cm³/mol. The Balaban J connectivity index is 0.00000180. The van der Waals surface area contributed by atoms with Crippen molar-refractivity contribution in [2.75, 3.05) is 6.54 Å². The van der Waals surface area contributed by atoms with Crippen molar-refractivity contribution in [1.82, 2.24) is 4.90 Å². The molecule has 19 heavy (non-hydrogen) atoms. The van der Waals surface area contributed by atoms with Gasteiger partial charge in [-0.3, -0.25) is 4.90 Å². The van der Waals surface area contributed by atoms with E-state index < -0.39 is 0 Å². The first-order valence-corrected chi connectivity index (χ1v) is 8.62. The SMILES string of the molecule is CCCCC[C@@H]1CC[C@@H](CCCC)[C@@H]2CCCN12.Cl. The minimum Gasteiger partial charge on any atom is -0.297 e. The van der Waals surface area contributed by atoms with Crippen molar-refractivity contribution in [3.63, 3.8) is 0 Å². The van der Waals surface area contributed by atoms with E-state index in [1.165, 1.54) is 77.2 Å². The third-order valence-corrected chi connectivity index (χ3v) is 5.30. The molecule has 2 heterocycles. The highest BCUT2D eigenvalue weighted by molar-refractivity contribution is 5.85. The fraction of sp³-hybridized carbons (Fsp3) is 1.00. The van der Waals surface area contributed by atoms with Crippen LogP contribution in [0, 0.1) is 5.92 Å². The van der Waals surface area contributed by atoms with Gasteiger partial charge in [0.15, 0.2) is 0 Å². The largest absolute Gasteiger partial charge is 0.297 e. The second kappa shape index (κ2) is 9.23. The smallest absolute Gasteiger partial charge is 0.0127 e. The monoisotopic (exact) mass is 287 g/mol. The van der Waals surface area contributed by atoms with Gasteiger partial charge in [-0.1, -0.05) is 46.0 Å². The normalized spacial score (nSPS) is 30.9. The molecule has 0 radical (unpaired) electrons. The van der Waals surface area contributed by atoms with Gasteiger partial charge in [-0.05, 0) is 51.0 Å². The van der Waals surface area contributed by atoms with Crippen LogP contribution in [0.1, 0.15) is 84.5 Å². The van der Waals surface area contributed by atoms with Crippen molar-refractivity contribution in [2.24, 2.45) is 5.92 Å². The summed E-state index contributed by atoms with van der Waals surface area (Å²) in [4.78, 5) is 2.92. The van der Waals surface area contributed by atoms with Crippen LogP contribution in [-0.4, -0.2) is 23.5 Å². The lowest BCUT2D eigenvalue weighted by atomic mass is 9.81. The summed E-state index contributed by atoms with van der Waals surface area (Å²) in [6.45, 7) is 6.06. The maximum absolute atomic E-state index is 2.92. The van der Waals surface area contributed by atoms with E-state index in [4.69, 9.17) is 0 Å². The van der Waals surface area contributed by atoms with Gasteiger partial charge in [0.05, 0.1) is 0 Å². The van der Waals surface area contributed by atoms with Crippen LogP contribution in [0.2, 0.25) is 0 Å². The van der Waals surface area contributed by atoms with Crippen LogP contribution >= 0.6 is 12.4 Å². The van der Waals surface area contributed by atoms with E-state index >= 15 is 0 Å². The van der Waals surface area contributed by atoms with E-state index in [0.29, 0.717) is 0 Å². The lowest BCUT2D eigenvalue weighted by Gasteiger charge is -2.43. The molecule has 0 unspecified atom stereocenters. The molecule has 1 nitrogen and oxygen atoms in total. The van der Waals surface area contributed by atoms with Gasteiger partial charge < -0.3 is 0 Å². The number of piperidine rings is 1. The second-order valence-electron chi connectivity index (χ2n) is 6.58. The van der Waals surface area contributed by atoms with Crippen molar-refractivity contribution in [3.8, 4) is 0 Å². The van der Waals surface area contributed by atoms with Crippen LogP contribution in [0.15, 0.2) is 0 Å². The van der Waals surface area contributed by atoms with E-state index in [1.807, 2.05) is 0 Å². The van der Waals surface area contributed by atoms with E-state index in [0.717, 1.165) is 18.0 Å². The molecule has 0 spiro atoms. The molecule has 0 aromatic rings. The van der Waals surface area contributed by atoms with Crippen molar-refractivity contribution in [3.05, 3.63) is 0 Å². The topological polar surface area (TPSA) is 3.24 Å². The molecule has 0 saturated carbocycles. The summed E-state index contributed by atoms with van der Waals surface area (Å²) in [5, 5.41) is 0. The van der Waals surface area contributed by atoms with Crippen LogP contribution in [0.3, 0.4) is 0 Å². The maximum atomic E-state index is 2.92. The fourth-order valence-corrected chi connectivity index (χ4v) is 4.28. The zero-order valence-electron chi connectivity index (χ0n) is 13.1. The van der Waals surface area contributed by atoms with Gasteiger partial charge in [0.1, 0.15) is 0 Å². The quantitative estimate of drug-likeness (QED) is 0.565. The highest BCUT2D eigenvalue weighted by Gasteiger charge is 2.38. The molecule has 2 rings (SSSR count). The molecule has 114 valence electrons. The zero-order chi connectivity index (χ0) is 12.8. The van der Waals surface area contributed by atoms with Crippen molar-refractivity contribution in [2.45, 2.75) is 96.6 Å². The second-order valence-corrected chi connectivity index (χ2v) is 6.58. The Morgan fingerprint density at radius 1 is 0.895 bits per heavy atom. The molecule has 0 aromatic heterocycles. The summed E-state index contributed by atoms with van der Waals surface area (Å²) < 4.78 is 0. The summed E-state index contributed by atoms with van der Waals surface area (Å²) in [6, 6.07) is 1.92. The average Bonchev–Trinajstić information content (AvgIpc) is 2.87. The van der Waals surface area contributed by atoms with Gasteiger partial charge >= 0.3 is 0 Å². The van der Waals surface area contributed by atoms with E-state index in [9.17, 15) is 0 Å². The number of hydrogen-bond donors (Lipinski definition) is 0. The number of nitrogens with zero attached hydrogens (tertiary/aromatic N) is 1. The van der Waals surface area contributed by atoms with Gasteiger partial charge in [0, 0.05) is 12.1 Å². The lowest BCUT2D eigenvalue weighted by Crippen LogP contribution is -2.47. The standard InChI is InChI=1S/C17H33N.ClH/c1-3-5-7-10-16-13-12-15(9-6-4-2)17-11-8-14-18(16)17;/h15-17H,3-14H2,1-2H3;1H/t15-,16-,17+;/m1./s1. The molecule has 2 heteroatoms. The molecule has 2 aliphatic heterocycles. The number of hydrogen-bond acceptors (Lipinski definition) is 1. The van der Waals surface area contributed by atoms with Crippen LogP contribution < -0.4 is 0 Å². The summed E-state index contributed by atoms with van der Waals surface area (Å²) in [5.74, 6) is 1.04. The zero-order valence-corrected chi connectivity index (χ0v) is 13.9. The first-order valence-electron chi connectivity index (χ1n) is 8.62. The summed E-state index contributed by atoms with van der Waals surface area (Å²) in [5.41, 5.74) is 0. The molecule has 3 atom stereocenters. The maximum Gasteiger partial charge on any atom is 0.0127 e. The third-order valence-electron chi connectivity index (χ3n) is 5.30. The highest BCUT2D eigenvalue weighted by Crippen LogP contribution is 2.39. The Hall–Kier alpha value is 0.250. The number of rotatable bonds is 7. The van der Waals surface area contributed by atoms with Gasteiger partial charge in [-0.2, -0.15) is 0 Å². The average molecular weight is 288 g/mol.